The molecule has 2 saturated heterocycles. The van der Waals surface area contributed by atoms with Gasteiger partial charge in [0, 0.05) is 58.5 Å². The zero-order chi connectivity index (χ0) is 36.5. The maximum Gasteiger partial charge on any atom is 0.340 e. The summed E-state index contributed by atoms with van der Waals surface area (Å²) >= 11 is 0. The molecule has 0 spiro atoms. The van der Waals surface area contributed by atoms with Crippen LogP contribution in [0.15, 0.2) is 13.2 Å². The van der Waals surface area contributed by atoms with Crippen LogP contribution in [0.5, 0.6) is 0 Å². The summed E-state index contributed by atoms with van der Waals surface area (Å²) < 4.78 is 0. The summed E-state index contributed by atoms with van der Waals surface area (Å²) in [6.07, 6.45) is 6.19. The van der Waals surface area contributed by atoms with Gasteiger partial charge in [0.15, 0.2) is 0 Å². The minimum absolute atomic E-state index is 0.00977. The smallest absolute Gasteiger partial charge is 0.340 e. The van der Waals surface area contributed by atoms with Crippen LogP contribution < -0.4 is 0 Å². The maximum atomic E-state index is 11.8. The molecular weight excluding hydrogens is 632 g/mol. The lowest BCUT2D eigenvalue weighted by atomic mass is 9.88. The number of ketones is 1. The Bertz CT molecular complexity index is 1000. The SMILES string of the molecule is C=C.CC(CC(=O)ON1C(=O)CCC1=O)CC(CCO)CCCO.O=C(CCCC(CCO)CCCO)CC(=O)ON1C(=O)CCC1=O. The highest BCUT2D eigenvalue weighted by Crippen LogP contribution is 2.24. The lowest BCUT2D eigenvalue weighted by molar-refractivity contribution is -0.198. The van der Waals surface area contributed by atoms with Gasteiger partial charge in [0.2, 0.25) is 0 Å². The van der Waals surface area contributed by atoms with Crippen LogP contribution in [0.4, 0.5) is 0 Å². The summed E-state index contributed by atoms with van der Waals surface area (Å²) in [5.41, 5.74) is 0. The van der Waals surface area contributed by atoms with Crippen LogP contribution in [0.3, 0.4) is 0 Å². The van der Waals surface area contributed by atoms with Gasteiger partial charge in [-0.2, -0.15) is 0 Å². The average molecular weight is 687 g/mol. The first-order valence-corrected chi connectivity index (χ1v) is 16.5. The predicted molar refractivity (Wildman–Crippen MR) is 171 cm³/mol. The first-order chi connectivity index (χ1) is 22.9. The molecule has 2 fully saturated rings. The quantitative estimate of drug-likeness (QED) is 0.0728. The fourth-order valence-electron chi connectivity index (χ4n) is 5.30. The topological polar surface area (TPSA) is 225 Å². The summed E-state index contributed by atoms with van der Waals surface area (Å²) in [5.74, 6) is -3.44. The predicted octanol–water partition coefficient (Wildman–Crippen LogP) is 2.08. The van der Waals surface area contributed by atoms with E-state index in [0.717, 1.165) is 25.7 Å². The van der Waals surface area contributed by atoms with Crippen molar-refractivity contribution < 1.29 is 63.7 Å². The van der Waals surface area contributed by atoms with Crippen molar-refractivity contribution in [2.45, 2.75) is 110 Å². The molecule has 15 nitrogen and oxygen atoms in total. The number of hydroxylamine groups is 4. The van der Waals surface area contributed by atoms with Crippen LogP contribution in [0.1, 0.15) is 110 Å². The van der Waals surface area contributed by atoms with E-state index in [9.17, 15) is 33.6 Å². The molecule has 2 aliphatic heterocycles. The van der Waals surface area contributed by atoms with Gasteiger partial charge in [-0.05, 0) is 75.5 Å². The molecule has 2 aliphatic rings. The van der Waals surface area contributed by atoms with E-state index >= 15 is 0 Å². The zero-order valence-electron chi connectivity index (χ0n) is 28.1. The second-order valence-electron chi connectivity index (χ2n) is 11.7. The molecule has 0 radical (unpaired) electrons. The molecule has 0 aromatic heterocycles. The van der Waals surface area contributed by atoms with E-state index in [1.807, 2.05) is 6.92 Å². The minimum Gasteiger partial charge on any atom is -0.396 e. The van der Waals surface area contributed by atoms with Gasteiger partial charge < -0.3 is 30.1 Å². The highest BCUT2D eigenvalue weighted by atomic mass is 16.7. The third-order valence-electron chi connectivity index (χ3n) is 7.67. The highest BCUT2D eigenvalue weighted by Gasteiger charge is 2.34. The Hall–Kier alpha value is -3.53. The Labute approximate surface area is 282 Å². The Kier molecular flexibility index (Phi) is 24.5. The van der Waals surface area contributed by atoms with Gasteiger partial charge in [0.25, 0.3) is 23.6 Å². The molecule has 48 heavy (non-hydrogen) atoms. The summed E-state index contributed by atoms with van der Waals surface area (Å²) in [6.45, 7) is 8.23. The Morgan fingerprint density at radius 1 is 0.646 bits per heavy atom. The number of aliphatic hydroxyl groups is 4. The summed E-state index contributed by atoms with van der Waals surface area (Å²) in [6, 6.07) is 0. The van der Waals surface area contributed by atoms with Crippen LogP contribution >= 0.6 is 0 Å². The number of aliphatic hydroxyl groups excluding tert-OH is 4. The van der Waals surface area contributed by atoms with E-state index in [4.69, 9.17) is 25.3 Å². The lowest BCUT2D eigenvalue weighted by Crippen LogP contribution is -2.32. The summed E-state index contributed by atoms with van der Waals surface area (Å²) in [4.78, 5) is 90.0. The lowest BCUT2D eigenvalue weighted by Gasteiger charge is -2.20. The van der Waals surface area contributed by atoms with Gasteiger partial charge >= 0.3 is 11.9 Å². The first-order valence-electron chi connectivity index (χ1n) is 16.5. The number of carbonyl (C=O) groups excluding carboxylic acids is 7. The molecule has 4 amide bonds. The van der Waals surface area contributed by atoms with Gasteiger partial charge in [0.05, 0.1) is 6.42 Å². The normalized spacial score (nSPS) is 16.0. The average Bonchev–Trinajstić information content (AvgIpc) is 3.53. The third kappa shape index (κ3) is 18.7. The molecule has 0 aliphatic carbocycles. The molecule has 274 valence electrons. The molecule has 15 heteroatoms. The molecule has 2 heterocycles. The highest BCUT2D eigenvalue weighted by molar-refractivity contribution is 6.03. The van der Waals surface area contributed by atoms with Crippen molar-refractivity contribution in [3.8, 4) is 0 Å². The molecule has 0 aromatic rings. The van der Waals surface area contributed by atoms with E-state index in [-0.39, 0.29) is 88.5 Å². The number of nitrogens with zero attached hydrogens (tertiary/aromatic N) is 2. The van der Waals surface area contributed by atoms with Crippen molar-refractivity contribution in [3.05, 3.63) is 13.2 Å². The number of amides is 4. The zero-order valence-corrected chi connectivity index (χ0v) is 28.1. The standard InChI is InChI=1S/C16H25NO7.C15H25NO6.C2H4/c18-9-2-4-12(8-10-19)3-1-5-13(20)11-16(23)24-17-14(21)6-7-15(17)22;1-11(9-12(6-8-18)3-2-7-17)10-15(21)22-16-13(19)4-5-14(16)20;1-2/h12,18-19H,1-11H2;11-12,17-18H,2-10H2,1H3;1-2H2. The molecule has 0 aromatic carbocycles. The van der Waals surface area contributed by atoms with E-state index in [1.165, 1.54) is 0 Å². The number of imide groups is 2. The number of carbonyl (C=O) groups is 7. The Morgan fingerprint density at radius 3 is 1.52 bits per heavy atom. The van der Waals surface area contributed by atoms with Crippen LogP contribution in [0.25, 0.3) is 0 Å². The van der Waals surface area contributed by atoms with Crippen LogP contribution in [-0.4, -0.2) is 98.3 Å². The molecule has 4 N–H and O–H groups in total. The maximum absolute atomic E-state index is 11.8. The number of rotatable bonds is 22. The number of hydrogen-bond acceptors (Lipinski definition) is 13. The second-order valence-corrected chi connectivity index (χ2v) is 11.7. The Morgan fingerprint density at radius 2 is 1.06 bits per heavy atom. The molecule has 0 saturated carbocycles. The van der Waals surface area contributed by atoms with Gasteiger partial charge in [0.1, 0.15) is 12.2 Å². The summed E-state index contributed by atoms with van der Waals surface area (Å²) in [7, 11) is 0. The molecule has 2 rings (SSSR count). The fourth-order valence-corrected chi connectivity index (χ4v) is 5.30. The van der Waals surface area contributed by atoms with Crippen molar-refractivity contribution in [3.63, 3.8) is 0 Å². The molecule has 3 atom stereocenters. The van der Waals surface area contributed by atoms with Gasteiger partial charge in [-0.15, -0.1) is 23.3 Å². The largest absolute Gasteiger partial charge is 0.396 e. The van der Waals surface area contributed by atoms with Crippen LogP contribution in [0.2, 0.25) is 0 Å². The number of hydrogen-bond donors (Lipinski definition) is 4. The van der Waals surface area contributed by atoms with Gasteiger partial charge in [-0.3, -0.25) is 24.0 Å². The van der Waals surface area contributed by atoms with Crippen molar-refractivity contribution in [2.24, 2.45) is 17.8 Å². The van der Waals surface area contributed by atoms with Gasteiger partial charge in [-0.1, -0.05) is 6.92 Å². The second kappa shape index (κ2) is 26.4. The van der Waals surface area contributed by atoms with E-state index < -0.39 is 42.0 Å². The Balaban J connectivity index is 0.000000878. The van der Waals surface area contributed by atoms with Crippen molar-refractivity contribution in [1.29, 1.82) is 0 Å². The molecular formula is C33H54N2O13. The molecule has 3 unspecified atom stereocenters. The van der Waals surface area contributed by atoms with E-state index in [1.54, 1.807) is 0 Å². The van der Waals surface area contributed by atoms with Crippen molar-refractivity contribution >= 4 is 41.4 Å². The summed E-state index contributed by atoms with van der Waals surface area (Å²) in [5, 5.41) is 36.7. The van der Waals surface area contributed by atoms with E-state index in [0.29, 0.717) is 42.2 Å². The minimum atomic E-state index is -0.907. The first kappa shape index (κ1) is 44.5. The third-order valence-corrected chi connectivity index (χ3v) is 7.67. The van der Waals surface area contributed by atoms with Crippen molar-refractivity contribution in [1.82, 2.24) is 10.1 Å². The monoisotopic (exact) mass is 686 g/mol. The van der Waals surface area contributed by atoms with Crippen LogP contribution in [-0.2, 0) is 43.2 Å². The van der Waals surface area contributed by atoms with E-state index in [2.05, 4.69) is 18.0 Å². The van der Waals surface area contributed by atoms with Gasteiger partial charge in [-0.25, -0.2) is 9.59 Å². The fraction of sp³-hybridized carbons (Fsp3) is 0.727. The molecule has 0 bridgehead atoms. The van der Waals surface area contributed by atoms with Crippen molar-refractivity contribution in [2.75, 3.05) is 26.4 Å². The number of Topliss-reactive ketones (excluding diaryl/α,β-unsaturated/α-hetero) is 1. The van der Waals surface area contributed by atoms with Crippen LogP contribution in [0, 0.1) is 17.8 Å².